The summed E-state index contributed by atoms with van der Waals surface area (Å²) in [5, 5.41) is 12.9. The van der Waals surface area contributed by atoms with Crippen molar-refractivity contribution < 1.29 is 5.11 Å². The van der Waals surface area contributed by atoms with Crippen LogP contribution in [0.2, 0.25) is 0 Å². The lowest BCUT2D eigenvalue weighted by Gasteiger charge is -2.31. The molecular weight excluding hydrogens is 236 g/mol. The molecule has 0 amide bonds. The normalized spacial score (nSPS) is 14.8. The summed E-state index contributed by atoms with van der Waals surface area (Å²) in [4.78, 5) is 2.60. The Morgan fingerprint density at radius 2 is 1.47 bits per heavy atom. The van der Waals surface area contributed by atoms with Crippen LogP contribution in [0, 0.1) is 0 Å². The summed E-state index contributed by atoms with van der Waals surface area (Å²) in [5.74, 6) is 0. The number of nitrogens with zero attached hydrogens (tertiary/aromatic N) is 1. The second-order valence-electron chi connectivity index (χ2n) is 5.69. The van der Waals surface area contributed by atoms with Crippen molar-refractivity contribution in [1.82, 2.24) is 10.2 Å². The van der Waals surface area contributed by atoms with Crippen LogP contribution < -0.4 is 5.32 Å². The maximum Gasteiger partial charge on any atom is 0.0613 e. The summed E-state index contributed by atoms with van der Waals surface area (Å²) < 4.78 is 0. The highest BCUT2D eigenvalue weighted by Crippen LogP contribution is 2.17. The van der Waals surface area contributed by atoms with Gasteiger partial charge in [-0.3, -0.25) is 0 Å². The van der Waals surface area contributed by atoms with Crippen molar-refractivity contribution in [3.05, 3.63) is 0 Å². The van der Waals surface area contributed by atoms with E-state index in [1.807, 2.05) is 7.05 Å². The second kappa shape index (κ2) is 11.7. The molecule has 0 aromatic heterocycles. The number of unbranched alkanes of at least 4 members (excludes halogenated alkanes) is 2. The molecule has 19 heavy (non-hydrogen) atoms. The van der Waals surface area contributed by atoms with E-state index in [1.165, 1.54) is 51.7 Å². The van der Waals surface area contributed by atoms with Crippen molar-refractivity contribution in [3.8, 4) is 0 Å². The molecule has 1 atom stereocenters. The first-order chi connectivity index (χ1) is 9.17. The number of rotatable bonds is 13. The van der Waals surface area contributed by atoms with Gasteiger partial charge in [-0.25, -0.2) is 0 Å². The smallest absolute Gasteiger partial charge is 0.0613 e. The molecule has 0 bridgehead atoms. The van der Waals surface area contributed by atoms with Gasteiger partial charge in [0.25, 0.3) is 0 Å². The fraction of sp³-hybridized carbons (Fsp3) is 1.00. The van der Waals surface area contributed by atoms with E-state index >= 15 is 0 Å². The molecule has 0 saturated heterocycles. The van der Waals surface area contributed by atoms with Gasteiger partial charge in [0.15, 0.2) is 0 Å². The third-order valence-electron chi connectivity index (χ3n) is 4.30. The van der Waals surface area contributed by atoms with Gasteiger partial charge in [0.05, 0.1) is 6.61 Å². The van der Waals surface area contributed by atoms with Crippen molar-refractivity contribution in [1.29, 1.82) is 0 Å². The summed E-state index contributed by atoms with van der Waals surface area (Å²) in [6.07, 6.45) is 8.37. The van der Waals surface area contributed by atoms with Crippen molar-refractivity contribution in [2.24, 2.45) is 0 Å². The van der Waals surface area contributed by atoms with E-state index in [2.05, 4.69) is 31.0 Å². The molecule has 0 aliphatic carbocycles. The largest absolute Gasteiger partial charge is 0.394 e. The van der Waals surface area contributed by atoms with Crippen LogP contribution in [0.25, 0.3) is 0 Å². The summed E-state index contributed by atoms with van der Waals surface area (Å²) in [6.45, 7) is 10.5. The number of aliphatic hydroxyl groups is 1. The predicted molar refractivity (Wildman–Crippen MR) is 84.7 cm³/mol. The molecule has 0 aromatic rings. The van der Waals surface area contributed by atoms with E-state index < -0.39 is 0 Å². The van der Waals surface area contributed by atoms with E-state index in [-0.39, 0.29) is 12.1 Å². The summed E-state index contributed by atoms with van der Waals surface area (Å²) in [5.41, 5.74) is -0.0683. The first-order valence-corrected chi connectivity index (χ1v) is 8.20. The average molecular weight is 272 g/mol. The topological polar surface area (TPSA) is 35.5 Å². The maximum absolute atomic E-state index is 9.55. The van der Waals surface area contributed by atoms with Gasteiger partial charge in [-0.1, -0.05) is 33.6 Å². The van der Waals surface area contributed by atoms with Gasteiger partial charge in [-0.2, -0.15) is 0 Å². The van der Waals surface area contributed by atoms with Gasteiger partial charge < -0.3 is 15.3 Å². The Bertz CT molecular complexity index is 177. The minimum atomic E-state index is -0.0683. The van der Waals surface area contributed by atoms with E-state index in [4.69, 9.17) is 0 Å². The van der Waals surface area contributed by atoms with Gasteiger partial charge in [-0.15, -0.1) is 0 Å². The number of hydrogen-bond acceptors (Lipinski definition) is 3. The third-order valence-corrected chi connectivity index (χ3v) is 4.30. The highest BCUT2D eigenvalue weighted by Gasteiger charge is 2.24. The van der Waals surface area contributed by atoms with Crippen LogP contribution in [0.15, 0.2) is 0 Å². The van der Waals surface area contributed by atoms with E-state index in [0.717, 1.165) is 12.8 Å². The van der Waals surface area contributed by atoms with E-state index in [1.54, 1.807) is 0 Å². The molecule has 0 heterocycles. The lowest BCUT2D eigenvalue weighted by atomic mass is 9.91. The lowest BCUT2D eigenvalue weighted by molar-refractivity contribution is 0.145. The lowest BCUT2D eigenvalue weighted by Crippen LogP contribution is -2.46. The van der Waals surface area contributed by atoms with Crippen LogP contribution in [-0.4, -0.2) is 48.8 Å². The molecule has 116 valence electrons. The van der Waals surface area contributed by atoms with Crippen LogP contribution >= 0.6 is 0 Å². The van der Waals surface area contributed by atoms with Gasteiger partial charge in [0.2, 0.25) is 0 Å². The first-order valence-electron chi connectivity index (χ1n) is 8.20. The first kappa shape index (κ1) is 18.9. The zero-order valence-electron chi connectivity index (χ0n) is 13.7. The molecule has 0 aromatic carbocycles. The molecule has 0 rings (SSSR count). The van der Waals surface area contributed by atoms with Crippen LogP contribution in [0.5, 0.6) is 0 Å². The monoisotopic (exact) mass is 272 g/mol. The molecule has 0 aliphatic rings. The van der Waals surface area contributed by atoms with Gasteiger partial charge in [0, 0.05) is 5.54 Å². The Kier molecular flexibility index (Phi) is 11.6. The number of likely N-dealkylation sites (N-methyl/N-ethyl adjacent to an activating group) is 1. The summed E-state index contributed by atoms with van der Waals surface area (Å²) >= 11 is 0. The van der Waals surface area contributed by atoms with Crippen LogP contribution in [-0.2, 0) is 0 Å². The minimum Gasteiger partial charge on any atom is -0.394 e. The van der Waals surface area contributed by atoms with Gasteiger partial charge in [0.1, 0.15) is 0 Å². The van der Waals surface area contributed by atoms with Crippen LogP contribution in [0.4, 0.5) is 0 Å². The van der Waals surface area contributed by atoms with Gasteiger partial charge >= 0.3 is 0 Å². The van der Waals surface area contributed by atoms with E-state index in [9.17, 15) is 5.11 Å². The number of nitrogens with one attached hydrogen (secondary N) is 1. The minimum absolute atomic E-state index is 0.0683. The Labute approximate surface area is 120 Å². The Hall–Kier alpha value is -0.120. The zero-order chi connectivity index (χ0) is 14.6. The van der Waals surface area contributed by atoms with Crippen molar-refractivity contribution in [2.45, 2.75) is 71.3 Å². The van der Waals surface area contributed by atoms with Crippen molar-refractivity contribution >= 4 is 0 Å². The van der Waals surface area contributed by atoms with Gasteiger partial charge in [-0.05, 0) is 58.8 Å². The third kappa shape index (κ3) is 7.91. The Morgan fingerprint density at radius 1 is 0.947 bits per heavy atom. The Balaban J connectivity index is 4.07. The fourth-order valence-electron chi connectivity index (χ4n) is 2.49. The summed E-state index contributed by atoms with van der Waals surface area (Å²) in [7, 11) is 1.96. The highest BCUT2D eigenvalue weighted by atomic mass is 16.3. The zero-order valence-corrected chi connectivity index (χ0v) is 13.7. The van der Waals surface area contributed by atoms with Crippen LogP contribution in [0.1, 0.15) is 65.7 Å². The summed E-state index contributed by atoms with van der Waals surface area (Å²) in [6, 6.07) is 0. The molecule has 0 fully saturated rings. The van der Waals surface area contributed by atoms with Crippen LogP contribution in [0.3, 0.4) is 0 Å². The molecule has 0 saturated carbocycles. The molecular formula is C16H36N2O. The van der Waals surface area contributed by atoms with Crippen molar-refractivity contribution in [2.75, 3.05) is 33.3 Å². The molecule has 3 nitrogen and oxygen atoms in total. The standard InChI is InChI=1S/C16H36N2O/c1-5-8-12-18(13-9-6-2)14-10-11-16(7-3,15-19)17-4/h17,19H,5-15H2,1-4H3. The van der Waals surface area contributed by atoms with Crippen molar-refractivity contribution in [3.63, 3.8) is 0 Å². The number of aliphatic hydroxyl groups excluding tert-OH is 1. The molecule has 0 aliphatic heterocycles. The Morgan fingerprint density at radius 3 is 1.84 bits per heavy atom. The average Bonchev–Trinajstić information content (AvgIpc) is 2.46. The molecule has 0 spiro atoms. The molecule has 0 radical (unpaired) electrons. The molecule has 3 heteroatoms. The molecule has 1 unspecified atom stereocenters. The second-order valence-corrected chi connectivity index (χ2v) is 5.69. The molecule has 2 N–H and O–H groups in total. The highest BCUT2D eigenvalue weighted by molar-refractivity contribution is 4.84. The quantitative estimate of drug-likeness (QED) is 0.541. The van der Waals surface area contributed by atoms with E-state index in [0.29, 0.717) is 0 Å². The predicted octanol–water partition coefficient (Wildman–Crippen LogP) is 3.03. The maximum atomic E-state index is 9.55. The fourth-order valence-corrected chi connectivity index (χ4v) is 2.49. The number of hydrogen-bond donors (Lipinski definition) is 2. The SMILES string of the molecule is CCCCN(CCCC)CCCC(CC)(CO)NC.